The summed E-state index contributed by atoms with van der Waals surface area (Å²) >= 11 is 0. The molecule has 150 valence electrons. The van der Waals surface area contributed by atoms with Gasteiger partial charge in [0.05, 0.1) is 5.41 Å². The molecule has 4 bridgehead atoms. The molecule has 4 aliphatic carbocycles. The number of hydrogen-bond donors (Lipinski definition) is 1. The summed E-state index contributed by atoms with van der Waals surface area (Å²) in [5, 5.41) is 3.16. The molecule has 4 aliphatic rings. The molecule has 0 aliphatic heterocycles. The number of benzene rings is 1. The molecule has 4 fully saturated rings. The Morgan fingerprint density at radius 1 is 1.07 bits per heavy atom. The second-order valence-electron chi connectivity index (χ2n) is 9.48. The van der Waals surface area contributed by atoms with Crippen LogP contribution in [-0.2, 0) is 14.3 Å². The molecule has 4 saturated carbocycles. The molecule has 5 heteroatoms. The SMILES string of the molecule is CC(=O)NC12C[C@H]3C[C@@H](C1)CC(C(=O)O[C@@H](C)C(=O)c1ccc(C)cc1)(C3)C2. The van der Waals surface area contributed by atoms with Gasteiger partial charge in [0.2, 0.25) is 11.7 Å². The predicted molar refractivity (Wildman–Crippen MR) is 105 cm³/mol. The molecule has 2 unspecified atom stereocenters. The molecule has 0 aromatic heterocycles. The van der Waals surface area contributed by atoms with E-state index in [1.807, 2.05) is 19.1 Å². The molecule has 1 aromatic rings. The van der Waals surface area contributed by atoms with E-state index in [1.54, 1.807) is 26.0 Å². The number of amides is 1. The lowest BCUT2D eigenvalue weighted by atomic mass is 9.47. The summed E-state index contributed by atoms with van der Waals surface area (Å²) in [5.41, 5.74) is 0.803. The molecule has 5 nitrogen and oxygen atoms in total. The van der Waals surface area contributed by atoms with Crippen LogP contribution in [0.1, 0.15) is 68.3 Å². The topological polar surface area (TPSA) is 72.5 Å². The van der Waals surface area contributed by atoms with Crippen LogP contribution >= 0.6 is 0 Å². The molecule has 0 spiro atoms. The first-order valence-electron chi connectivity index (χ1n) is 10.3. The van der Waals surface area contributed by atoms with Gasteiger partial charge >= 0.3 is 5.97 Å². The average Bonchev–Trinajstić information content (AvgIpc) is 2.59. The van der Waals surface area contributed by atoms with Crippen molar-refractivity contribution in [1.29, 1.82) is 0 Å². The van der Waals surface area contributed by atoms with Crippen molar-refractivity contribution < 1.29 is 19.1 Å². The lowest BCUT2D eigenvalue weighted by Crippen LogP contribution is -2.64. The normalized spacial score (nSPS) is 34.0. The van der Waals surface area contributed by atoms with Crippen molar-refractivity contribution in [3.05, 3.63) is 35.4 Å². The maximum absolute atomic E-state index is 13.2. The Hall–Kier alpha value is -2.17. The number of Topliss-reactive ketones (excluding diaryl/α,β-unsaturated/α-hetero) is 1. The zero-order valence-electron chi connectivity index (χ0n) is 16.9. The van der Waals surface area contributed by atoms with E-state index < -0.39 is 11.5 Å². The Morgan fingerprint density at radius 2 is 1.68 bits per heavy atom. The lowest BCUT2D eigenvalue weighted by Gasteiger charge is -2.60. The number of ketones is 1. The molecule has 1 N–H and O–H groups in total. The van der Waals surface area contributed by atoms with Crippen LogP contribution in [0.4, 0.5) is 0 Å². The molecule has 28 heavy (non-hydrogen) atoms. The fraction of sp³-hybridized carbons (Fsp3) is 0.609. The average molecular weight is 383 g/mol. The largest absolute Gasteiger partial charge is 0.454 e. The van der Waals surface area contributed by atoms with E-state index in [9.17, 15) is 14.4 Å². The second-order valence-corrected chi connectivity index (χ2v) is 9.48. The van der Waals surface area contributed by atoms with Gasteiger partial charge in [0.25, 0.3) is 0 Å². The van der Waals surface area contributed by atoms with Gasteiger partial charge in [-0.05, 0) is 64.2 Å². The summed E-state index contributed by atoms with van der Waals surface area (Å²) in [6, 6.07) is 7.33. The third-order valence-corrected chi connectivity index (χ3v) is 6.92. The fourth-order valence-electron chi connectivity index (χ4n) is 6.31. The molecule has 5 atom stereocenters. The Kier molecular flexibility index (Phi) is 4.59. The first-order valence-corrected chi connectivity index (χ1v) is 10.3. The maximum atomic E-state index is 13.2. The number of carbonyl (C=O) groups excluding carboxylic acids is 3. The van der Waals surface area contributed by atoms with Crippen molar-refractivity contribution in [3.8, 4) is 0 Å². The highest BCUT2D eigenvalue weighted by atomic mass is 16.5. The molecule has 0 saturated heterocycles. The van der Waals surface area contributed by atoms with Gasteiger partial charge in [-0.3, -0.25) is 14.4 Å². The molecular formula is C23H29NO4. The van der Waals surface area contributed by atoms with Crippen LogP contribution in [-0.4, -0.2) is 29.3 Å². The Labute approximate surface area is 166 Å². The lowest BCUT2D eigenvalue weighted by molar-refractivity contribution is -0.178. The van der Waals surface area contributed by atoms with Gasteiger partial charge in [0, 0.05) is 18.0 Å². The zero-order valence-corrected chi connectivity index (χ0v) is 16.9. The van der Waals surface area contributed by atoms with Gasteiger partial charge in [0.15, 0.2) is 6.10 Å². The van der Waals surface area contributed by atoms with Gasteiger partial charge in [0.1, 0.15) is 0 Å². The quantitative estimate of drug-likeness (QED) is 0.623. The van der Waals surface area contributed by atoms with Crippen LogP contribution in [0.3, 0.4) is 0 Å². The summed E-state index contributed by atoms with van der Waals surface area (Å²) < 4.78 is 5.73. The first kappa shape index (κ1) is 19.2. The van der Waals surface area contributed by atoms with E-state index in [-0.39, 0.29) is 23.2 Å². The van der Waals surface area contributed by atoms with Crippen LogP contribution in [0, 0.1) is 24.2 Å². The Bertz CT molecular complexity index is 798. The minimum atomic E-state index is -0.806. The van der Waals surface area contributed by atoms with Crippen LogP contribution in [0.15, 0.2) is 24.3 Å². The smallest absolute Gasteiger partial charge is 0.312 e. The van der Waals surface area contributed by atoms with Gasteiger partial charge in [-0.15, -0.1) is 0 Å². The molecule has 5 rings (SSSR count). The fourth-order valence-corrected chi connectivity index (χ4v) is 6.31. The maximum Gasteiger partial charge on any atom is 0.312 e. The van der Waals surface area contributed by atoms with E-state index >= 15 is 0 Å². The van der Waals surface area contributed by atoms with Crippen molar-refractivity contribution in [3.63, 3.8) is 0 Å². The van der Waals surface area contributed by atoms with Crippen molar-refractivity contribution >= 4 is 17.7 Å². The minimum absolute atomic E-state index is 0.0339. The molecule has 0 radical (unpaired) electrons. The van der Waals surface area contributed by atoms with E-state index in [2.05, 4.69) is 5.32 Å². The number of ether oxygens (including phenoxy) is 1. The number of carbonyl (C=O) groups is 3. The van der Waals surface area contributed by atoms with E-state index in [1.165, 1.54) is 0 Å². The van der Waals surface area contributed by atoms with Crippen LogP contribution < -0.4 is 5.32 Å². The second kappa shape index (κ2) is 6.71. The highest BCUT2D eigenvalue weighted by molar-refractivity contribution is 6.00. The monoisotopic (exact) mass is 383 g/mol. The van der Waals surface area contributed by atoms with E-state index in [0.29, 0.717) is 23.8 Å². The number of nitrogens with one attached hydrogen (secondary N) is 1. The van der Waals surface area contributed by atoms with E-state index in [0.717, 1.165) is 37.7 Å². The summed E-state index contributed by atoms with van der Waals surface area (Å²) in [6.07, 6.45) is 4.50. The molecular weight excluding hydrogens is 354 g/mol. The molecule has 1 amide bonds. The number of aryl methyl sites for hydroxylation is 1. The van der Waals surface area contributed by atoms with Gasteiger partial charge in [-0.1, -0.05) is 29.8 Å². The van der Waals surface area contributed by atoms with Crippen LogP contribution in [0.5, 0.6) is 0 Å². The van der Waals surface area contributed by atoms with Crippen molar-refractivity contribution in [2.45, 2.75) is 70.9 Å². The predicted octanol–water partition coefficient (Wildman–Crippen LogP) is 3.58. The first-order chi connectivity index (χ1) is 13.2. The number of rotatable bonds is 5. The summed E-state index contributed by atoms with van der Waals surface area (Å²) in [4.78, 5) is 37.7. The van der Waals surface area contributed by atoms with Gasteiger partial charge in [-0.25, -0.2) is 0 Å². The van der Waals surface area contributed by atoms with Gasteiger partial charge < -0.3 is 10.1 Å². The van der Waals surface area contributed by atoms with Crippen molar-refractivity contribution in [1.82, 2.24) is 5.32 Å². The number of esters is 1. The van der Waals surface area contributed by atoms with Crippen LogP contribution in [0.25, 0.3) is 0 Å². The van der Waals surface area contributed by atoms with Crippen LogP contribution in [0.2, 0.25) is 0 Å². The number of hydrogen-bond acceptors (Lipinski definition) is 4. The molecule has 1 aromatic carbocycles. The van der Waals surface area contributed by atoms with Gasteiger partial charge in [-0.2, -0.15) is 0 Å². The standard InChI is InChI=1S/C23H29NO4/c1-14-4-6-19(7-5-14)20(26)15(2)28-21(27)22-9-17-8-18(10-22)12-23(11-17,13-22)24-16(3)25/h4-7,15,17-18H,8-13H2,1-3H3,(H,24,25)/t15-,17-,18+,22?,23?/m0/s1. The summed E-state index contributed by atoms with van der Waals surface area (Å²) in [6.45, 7) is 5.17. The Balaban J connectivity index is 1.50. The Morgan fingerprint density at radius 3 is 2.25 bits per heavy atom. The minimum Gasteiger partial charge on any atom is -0.454 e. The highest BCUT2D eigenvalue weighted by Crippen LogP contribution is 2.62. The highest BCUT2D eigenvalue weighted by Gasteiger charge is 2.61. The summed E-state index contributed by atoms with van der Waals surface area (Å²) in [7, 11) is 0. The molecule has 0 heterocycles. The third kappa shape index (κ3) is 3.36. The summed E-state index contributed by atoms with van der Waals surface area (Å²) in [5.74, 6) is 0.430. The van der Waals surface area contributed by atoms with E-state index in [4.69, 9.17) is 4.74 Å². The van der Waals surface area contributed by atoms with Crippen molar-refractivity contribution in [2.24, 2.45) is 17.3 Å². The zero-order chi connectivity index (χ0) is 20.1. The third-order valence-electron chi connectivity index (χ3n) is 6.92. The van der Waals surface area contributed by atoms with Crippen molar-refractivity contribution in [2.75, 3.05) is 0 Å².